The van der Waals surface area contributed by atoms with Crippen molar-refractivity contribution in [1.82, 2.24) is 4.57 Å². The van der Waals surface area contributed by atoms with E-state index in [1.807, 2.05) is 11.3 Å². The summed E-state index contributed by atoms with van der Waals surface area (Å²) in [4.78, 5) is 2.42. The highest BCUT2D eigenvalue weighted by Gasteiger charge is 2.37. The Bertz CT molecular complexity index is 3400. The van der Waals surface area contributed by atoms with E-state index in [1.54, 1.807) is 0 Å². The van der Waals surface area contributed by atoms with Gasteiger partial charge in [-0.15, -0.1) is 11.3 Å². The number of aromatic nitrogens is 1. The van der Waals surface area contributed by atoms with Crippen molar-refractivity contribution in [3.05, 3.63) is 193 Å². The van der Waals surface area contributed by atoms with E-state index in [9.17, 15) is 0 Å². The Morgan fingerprint density at radius 1 is 0.429 bits per heavy atom. The summed E-state index contributed by atoms with van der Waals surface area (Å²) in [6.07, 6.45) is 0. The van der Waals surface area contributed by atoms with E-state index < -0.39 is 0 Å². The van der Waals surface area contributed by atoms with Gasteiger partial charge in [0.15, 0.2) is 0 Å². The molecule has 2 aromatic heterocycles. The highest BCUT2D eigenvalue weighted by atomic mass is 32.1. The summed E-state index contributed by atoms with van der Waals surface area (Å²) in [5.41, 5.74) is 12.3. The number of rotatable bonds is 4. The van der Waals surface area contributed by atoms with Crippen LogP contribution in [0.5, 0.6) is 0 Å². The van der Waals surface area contributed by atoms with Gasteiger partial charge in [-0.25, -0.2) is 0 Å². The first-order chi connectivity index (χ1) is 27.5. The fourth-order valence-corrected chi connectivity index (χ4v) is 10.9. The summed E-state index contributed by atoms with van der Waals surface area (Å²) in [6.45, 7) is 4.80. The van der Waals surface area contributed by atoms with Crippen molar-refractivity contribution < 1.29 is 0 Å². The van der Waals surface area contributed by atoms with Crippen LogP contribution in [-0.2, 0) is 5.41 Å². The summed E-state index contributed by atoms with van der Waals surface area (Å²) in [7, 11) is 0. The first kappa shape index (κ1) is 31.6. The quantitative estimate of drug-likeness (QED) is 0.164. The van der Waals surface area contributed by atoms with Crippen LogP contribution in [-0.4, -0.2) is 4.57 Å². The van der Waals surface area contributed by atoms with Gasteiger partial charge in [0.1, 0.15) is 0 Å². The molecule has 1 aliphatic rings. The average Bonchev–Trinajstić information content (AvgIpc) is 3.87. The second-order valence-electron chi connectivity index (χ2n) is 15.7. The number of fused-ring (bicyclic) bond motifs is 14. The third-order valence-corrected chi connectivity index (χ3v) is 13.5. The molecule has 0 bridgehead atoms. The van der Waals surface area contributed by atoms with Gasteiger partial charge in [0, 0.05) is 64.5 Å². The normalized spacial score (nSPS) is 13.3. The van der Waals surface area contributed by atoms with Crippen LogP contribution in [0.1, 0.15) is 25.0 Å². The van der Waals surface area contributed by atoms with Gasteiger partial charge in [-0.3, -0.25) is 0 Å². The summed E-state index contributed by atoms with van der Waals surface area (Å²) in [5.74, 6) is 0. The molecule has 0 unspecified atom stereocenters. The number of anilines is 3. The van der Waals surface area contributed by atoms with E-state index in [4.69, 9.17) is 0 Å². The monoisotopic (exact) mass is 732 g/mol. The van der Waals surface area contributed by atoms with Crippen molar-refractivity contribution in [2.75, 3.05) is 4.90 Å². The standard InChI is InChI=1S/C53H36N2S/c1-53(2)46-31-35(54(33-14-4-3-5-15-33)34-26-29-50-45(30-34)41-18-11-13-23-49(41)56-50)24-27-39(46)40-28-25-36(32-47(40)53)55-48-22-12-10-21-44(48)51-42-19-8-6-16-37(42)38-17-7-9-20-43(38)52(51)55/h3-32H,1-2H3. The Kier molecular flexibility index (Phi) is 6.59. The molecule has 264 valence electrons. The first-order valence-corrected chi connectivity index (χ1v) is 20.3. The first-order valence-electron chi connectivity index (χ1n) is 19.4. The van der Waals surface area contributed by atoms with Gasteiger partial charge in [-0.05, 0) is 105 Å². The molecule has 0 spiro atoms. The third-order valence-electron chi connectivity index (χ3n) is 12.3. The van der Waals surface area contributed by atoms with Crippen molar-refractivity contribution in [2.24, 2.45) is 0 Å². The van der Waals surface area contributed by atoms with Gasteiger partial charge >= 0.3 is 0 Å². The predicted molar refractivity (Wildman–Crippen MR) is 241 cm³/mol. The van der Waals surface area contributed by atoms with Crippen molar-refractivity contribution >= 4 is 91.9 Å². The number of thiophene rings is 1. The maximum absolute atomic E-state index is 2.52. The SMILES string of the molecule is CC1(C)c2cc(N(c3ccccc3)c3ccc4sc5ccccc5c4c3)ccc2-c2ccc(-n3c4ccccc4c4c5ccccc5c5ccccc5c43)cc21. The van der Waals surface area contributed by atoms with Crippen molar-refractivity contribution in [3.8, 4) is 16.8 Å². The summed E-state index contributed by atoms with van der Waals surface area (Å²) in [6, 6.07) is 67.5. The molecule has 0 aliphatic heterocycles. The van der Waals surface area contributed by atoms with E-state index in [2.05, 4.69) is 205 Å². The van der Waals surface area contributed by atoms with Crippen molar-refractivity contribution in [3.63, 3.8) is 0 Å². The molecule has 2 nitrogen and oxygen atoms in total. The Morgan fingerprint density at radius 3 is 1.80 bits per heavy atom. The van der Waals surface area contributed by atoms with Crippen LogP contribution < -0.4 is 4.90 Å². The molecule has 0 fully saturated rings. The van der Waals surface area contributed by atoms with E-state index in [0.717, 1.165) is 17.1 Å². The largest absolute Gasteiger partial charge is 0.310 e. The Hall–Kier alpha value is -6.68. The Morgan fingerprint density at radius 2 is 1.00 bits per heavy atom. The molecule has 2 heterocycles. The molecule has 0 radical (unpaired) electrons. The molecule has 9 aromatic carbocycles. The van der Waals surface area contributed by atoms with E-state index in [0.29, 0.717) is 0 Å². The van der Waals surface area contributed by atoms with Crippen LogP contribution in [0.2, 0.25) is 0 Å². The second kappa shape index (κ2) is 11.7. The van der Waals surface area contributed by atoms with Gasteiger partial charge in [-0.2, -0.15) is 0 Å². The van der Waals surface area contributed by atoms with Crippen LogP contribution in [0.4, 0.5) is 17.1 Å². The molecule has 3 heteroatoms. The number of hydrogen-bond acceptors (Lipinski definition) is 2. The van der Waals surface area contributed by atoms with Crippen LogP contribution in [0, 0.1) is 0 Å². The number of benzene rings is 9. The predicted octanol–water partition coefficient (Wildman–Crippen LogP) is 15.2. The third kappa shape index (κ3) is 4.38. The number of para-hydroxylation sites is 2. The summed E-state index contributed by atoms with van der Waals surface area (Å²) in [5, 5.41) is 10.4. The van der Waals surface area contributed by atoms with E-state index in [1.165, 1.54) is 91.5 Å². The van der Waals surface area contributed by atoms with E-state index in [-0.39, 0.29) is 5.41 Å². The van der Waals surface area contributed by atoms with Crippen LogP contribution >= 0.6 is 11.3 Å². The van der Waals surface area contributed by atoms with Gasteiger partial charge < -0.3 is 9.47 Å². The lowest BCUT2D eigenvalue weighted by molar-refractivity contribution is 0.660. The second-order valence-corrected chi connectivity index (χ2v) is 16.8. The van der Waals surface area contributed by atoms with Crippen LogP contribution in [0.25, 0.3) is 80.3 Å². The average molecular weight is 733 g/mol. The van der Waals surface area contributed by atoms with Gasteiger partial charge in [0.25, 0.3) is 0 Å². The molecule has 11 aromatic rings. The van der Waals surface area contributed by atoms with Gasteiger partial charge in [0.2, 0.25) is 0 Å². The molecule has 56 heavy (non-hydrogen) atoms. The molecule has 0 atom stereocenters. The Labute approximate surface area is 329 Å². The van der Waals surface area contributed by atoms with Crippen molar-refractivity contribution in [2.45, 2.75) is 19.3 Å². The molecule has 0 amide bonds. The minimum Gasteiger partial charge on any atom is -0.310 e. The number of nitrogens with zero attached hydrogens (tertiary/aromatic N) is 2. The smallest absolute Gasteiger partial charge is 0.0625 e. The fourth-order valence-electron chi connectivity index (χ4n) is 9.77. The fraction of sp³-hybridized carbons (Fsp3) is 0.0566. The maximum Gasteiger partial charge on any atom is 0.0625 e. The lowest BCUT2D eigenvalue weighted by atomic mass is 9.82. The molecule has 12 rings (SSSR count). The number of hydrogen-bond donors (Lipinski definition) is 0. The zero-order valence-electron chi connectivity index (χ0n) is 31.1. The highest BCUT2D eigenvalue weighted by Crippen LogP contribution is 2.52. The topological polar surface area (TPSA) is 8.17 Å². The molecule has 0 saturated heterocycles. The lowest BCUT2D eigenvalue weighted by Crippen LogP contribution is -2.17. The minimum absolute atomic E-state index is 0.222. The van der Waals surface area contributed by atoms with Crippen molar-refractivity contribution in [1.29, 1.82) is 0 Å². The lowest BCUT2D eigenvalue weighted by Gasteiger charge is -2.28. The van der Waals surface area contributed by atoms with Gasteiger partial charge in [-0.1, -0.05) is 129 Å². The zero-order valence-corrected chi connectivity index (χ0v) is 31.9. The van der Waals surface area contributed by atoms with E-state index >= 15 is 0 Å². The zero-order chi connectivity index (χ0) is 37.1. The molecule has 0 N–H and O–H groups in total. The van der Waals surface area contributed by atoms with Gasteiger partial charge in [0.05, 0.1) is 11.0 Å². The summed E-state index contributed by atoms with van der Waals surface area (Å²) >= 11 is 1.86. The summed E-state index contributed by atoms with van der Waals surface area (Å²) < 4.78 is 5.16. The maximum atomic E-state index is 2.52. The molecule has 0 saturated carbocycles. The molecular weight excluding hydrogens is 697 g/mol. The van der Waals surface area contributed by atoms with Crippen LogP contribution in [0.15, 0.2) is 182 Å². The Balaban J connectivity index is 1.04. The minimum atomic E-state index is -0.222. The highest BCUT2D eigenvalue weighted by molar-refractivity contribution is 7.25. The van der Waals surface area contributed by atoms with Crippen LogP contribution in [0.3, 0.4) is 0 Å². The molecular formula is C53H36N2S. The molecule has 1 aliphatic carbocycles.